The van der Waals surface area contributed by atoms with Crippen LogP contribution in [0, 0.1) is 0 Å². The van der Waals surface area contributed by atoms with Gasteiger partial charge in [-0.1, -0.05) is 0 Å². The lowest BCUT2D eigenvalue weighted by atomic mass is 10.3. The molecule has 1 aromatic carbocycles. The van der Waals surface area contributed by atoms with Crippen LogP contribution in [-0.4, -0.2) is 42.3 Å². The Morgan fingerprint density at radius 2 is 2.00 bits per heavy atom. The van der Waals surface area contributed by atoms with Crippen molar-refractivity contribution in [1.29, 1.82) is 0 Å². The van der Waals surface area contributed by atoms with Gasteiger partial charge in [-0.15, -0.1) is 0 Å². The Balaban J connectivity index is 2.10. The number of hydrogen-bond acceptors (Lipinski definition) is 6. The van der Waals surface area contributed by atoms with Crippen molar-refractivity contribution in [3.63, 3.8) is 0 Å². The molecule has 2 aromatic rings. The van der Waals surface area contributed by atoms with E-state index < -0.39 is 0 Å². The van der Waals surface area contributed by atoms with E-state index in [1.165, 1.54) is 6.33 Å². The van der Waals surface area contributed by atoms with Gasteiger partial charge in [-0.05, 0) is 24.3 Å². The van der Waals surface area contributed by atoms with E-state index in [2.05, 4.69) is 15.3 Å². The molecule has 0 saturated carbocycles. The van der Waals surface area contributed by atoms with Crippen LogP contribution in [0.25, 0.3) is 0 Å². The number of rotatable bonds is 6. The van der Waals surface area contributed by atoms with Gasteiger partial charge in [0, 0.05) is 32.4 Å². The van der Waals surface area contributed by atoms with E-state index in [-0.39, 0.29) is 6.61 Å². The fraction of sp³-hybridized carbons (Fsp3) is 0.286. The third-order valence-corrected chi connectivity index (χ3v) is 2.82. The van der Waals surface area contributed by atoms with E-state index in [0.29, 0.717) is 24.0 Å². The van der Waals surface area contributed by atoms with E-state index in [1.807, 2.05) is 43.3 Å². The zero-order valence-electron chi connectivity index (χ0n) is 11.6. The Bertz CT molecular complexity index is 545. The van der Waals surface area contributed by atoms with Crippen LogP contribution in [0.5, 0.6) is 11.6 Å². The number of ether oxygens (including phenoxy) is 1. The smallest absolute Gasteiger partial charge is 0.224 e. The van der Waals surface area contributed by atoms with Crippen molar-refractivity contribution < 1.29 is 9.84 Å². The maximum atomic E-state index is 8.93. The largest absolute Gasteiger partial charge is 0.439 e. The predicted octanol–water partition coefficient (Wildman–Crippen LogP) is 1.74. The third kappa shape index (κ3) is 3.58. The molecule has 0 aliphatic carbocycles. The van der Waals surface area contributed by atoms with Gasteiger partial charge in [0.15, 0.2) is 0 Å². The van der Waals surface area contributed by atoms with Crippen LogP contribution >= 0.6 is 0 Å². The van der Waals surface area contributed by atoms with Gasteiger partial charge in [0.25, 0.3) is 0 Å². The molecule has 0 bridgehead atoms. The van der Waals surface area contributed by atoms with Gasteiger partial charge in [0.05, 0.1) is 6.61 Å². The molecule has 0 atom stereocenters. The van der Waals surface area contributed by atoms with Crippen LogP contribution in [-0.2, 0) is 0 Å². The number of aromatic nitrogens is 2. The van der Waals surface area contributed by atoms with Crippen LogP contribution in [0.4, 0.5) is 11.5 Å². The molecule has 0 saturated heterocycles. The first-order chi connectivity index (χ1) is 9.72. The minimum absolute atomic E-state index is 0.0716. The van der Waals surface area contributed by atoms with E-state index in [0.717, 1.165) is 5.69 Å². The zero-order chi connectivity index (χ0) is 14.4. The fourth-order valence-corrected chi connectivity index (χ4v) is 1.67. The summed E-state index contributed by atoms with van der Waals surface area (Å²) in [5, 5.41) is 12.0. The summed E-state index contributed by atoms with van der Waals surface area (Å²) in [6, 6.07) is 9.32. The minimum Gasteiger partial charge on any atom is -0.439 e. The highest BCUT2D eigenvalue weighted by molar-refractivity contribution is 5.47. The second-order valence-electron chi connectivity index (χ2n) is 4.24. The molecule has 6 heteroatoms. The summed E-state index contributed by atoms with van der Waals surface area (Å²) in [5.74, 6) is 1.88. The van der Waals surface area contributed by atoms with Crippen molar-refractivity contribution in [3.8, 4) is 11.6 Å². The summed E-state index contributed by atoms with van der Waals surface area (Å²) in [6.07, 6.45) is 1.44. The van der Waals surface area contributed by atoms with Crippen molar-refractivity contribution in [2.45, 2.75) is 0 Å². The SMILES string of the molecule is CNc1ccc(Oc2cc(N(C)CCO)ncn2)cc1. The summed E-state index contributed by atoms with van der Waals surface area (Å²) in [5.41, 5.74) is 1.02. The number of likely N-dealkylation sites (N-methyl/N-ethyl adjacent to an activating group) is 1. The van der Waals surface area contributed by atoms with Gasteiger partial charge in [-0.2, -0.15) is 0 Å². The van der Waals surface area contributed by atoms with Crippen LogP contribution in [0.15, 0.2) is 36.7 Å². The molecule has 20 heavy (non-hydrogen) atoms. The van der Waals surface area contributed by atoms with Gasteiger partial charge in [0.1, 0.15) is 17.9 Å². The lowest BCUT2D eigenvalue weighted by Gasteiger charge is -2.16. The molecule has 2 rings (SSSR count). The first-order valence-electron chi connectivity index (χ1n) is 6.32. The highest BCUT2D eigenvalue weighted by Gasteiger charge is 2.05. The highest BCUT2D eigenvalue weighted by atomic mass is 16.5. The summed E-state index contributed by atoms with van der Waals surface area (Å²) in [6.45, 7) is 0.579. The number of nitrogens with one attached hydrogen (secondary N) is 1. The summed E-state index contributed by atoms with van der Waals surface area (Å²) in [7, 11) is 3.72. The van der Waals surface area contributed by atoms with Crippen molar-refractivity contribution in [2.24, 2.45) is 0 Å². The molecule has 0 spiro atoms. The van der Waals surface area contributed by atoms with Gasteiger partial charge >= 0.3 is 0 Å². The maximum absolute atomic E-state index is 8.93. The van der Waals surface area contributed by atoms with E-state index in [4.69, 9.17) is 9.84 Å². The number of aliphatic hydroxyl groups is 1. The summed E-state index contributed by atoms with van der Waals surface area (Å²) in [4.78, 5) is 10.1. The molecule has 1 aromatic heterocycles. The molecule has 0 fully saturated rings. The Labute approximate surface area is 118 Å². The summed E-state index contributed by atoms with van der Waals surface area (Å²) >= 11 is 0. The number of anilines is 2. The second kappa shape index (κ2) is 6.72. The van der Waals surface area contributed by atoms with Crippen molar-refractivity contribution in [1.82, 2.24) is 9.97 Å². The molecule has 6 nitrogen and oxygen atoms in total. The van der Waals surface area contributed by atoms with Crippen LogP contribution < -0.4 is 15.0 Å². The lowest BCUT2D eigenvalue weighted by molar-refractivity contribution is 0.303. The normalized spacial score (nSPS) is 10.2. The molecule has 0 unspecified atom stereocenters. The monoisotopic (exact) mass is 274 g/mol. The Hall–Kier alpha value is -2.34. The molecule has 0 amide bonds. The van der Waals surface area contributed by atoms with Crippen LogP contribution in [0.1, 0.15) is 0 Å². The summed E-state index contributed by atoms with van der Waals surface area (Å²) < 4.78 is 5.68. The first-order valence-corrected chi connectivity index (χ1v) is 6.32. The fourth-order valence-electron chi connectivity index (χ4n) is 1.67. The number of hydrogen-bond donors (Lipinski definition) is 2. The van der Waals surface area contributed by atoms with Gasteiger partial charge in [-0.25, -0.2) is 9.97 Å². The Morgan fingerprint density at radius 1 is 1.25 bits per heavy atom. The molecule has 0 aliphatic rings. The zero-order valence-corrected chi connectivity index (χ0v) is 11.6. The van der Waals surface area contributed by atoms with E-state index in [1.54, 1.807) is 6.07 Å². The molecular formula is C14H18N4O2. The molecule has 2 N–H and O–H groups in total. The quantitative estimate of drug-likeness (QED) is 0.836. The van der Waals surface area contributed by atoms with Gasteiger partial charge < -0.3 is 20.1 Å². The minimum atomic E-state index is 0.0716. The van der Waals surface area contributed by atoms with Gasteiger partial charge in [0.2, 0.25) is 5.88 Å². The average Bonchev–Trinajstić information content (AvgIpc) is 2.48. The van der Waals surface area contributed by atoms with Crippen LogP contribution in [0.2, 0.25) is 0 Å². The average molecular weight is 274 g/mol. The first kappa shape index (κ1) is 14.1. The predicted molar refractivity (Wildman–Crippen MR) is 78.5 cm³/mol. The molecule has 106 valence electrons. The Morgan fingerprint density at radius 3 is 2.65 bits per heavy atom. The maximum Gasteiger partial charge on any atom is 0.224 e. The molecule has 0 aliphatic heterocycles. The van der Waals surface area contributed by atoms with Crippen LogP contribution in [0.3, 0.4) is 0 Å². The van der Waals surface area contributed by atoms with E-state index >= 15 is 0 Å². The molecular weight excluding hydrogens is 256 g/mol. The van der Waals surface area contributed by atoms with Crippen molar-refractivity contribution >= 4 is 11.5 Å². The number of nitrogens with zero attached hydrogens (tertiary/aromatic N) is 3. The standard InChI is InChI=1S/C14H18N4O2/c1-15-11-3-5-12(6-4-11)20-14-9-13(16-10-17-14)18(2)7-8-19/h3-6,9-10,15,19H,7-8H2,1-2H3. The van der Waals surface area contributed by atoms with E-state index in [9.17, 15) is 0 Å². The molecule has 0 radical (unpaired) electrons. The number of aliphatic hydroxyl groups excluding tert-OH is 1. The van der Waals surface area contributed by atoms with Crippen molar-refractivity contribution in [3.05, 3.63) is 36.7 Å². The molecule has 1 heterocycles. The highest BCUT2D eigenvalue weighted by Crippen LogP contribution is 2.23. The lowest BCUT2D eigenvalue weighted by Crippen LogP contribution is -2.22. The van der Waals surface area contributed by atoms with Crippen molar-refractivity contribution in [2.75, 3.05) is 37.5 Å². The topological polar surface area (TPSA) is 70.5 Å². The third-order valence-electron chi connectivity index (χ3n) is 2.82. The second-order valence-corrected chi connectivity index (χ2v) is 4.24. The number of benzene rings is 1. The van der Waals surface area contributed by atoms with Gasteiger partial charge in [-0.3, -0.25) is 0 Å². The Kier molecular flexibility index (Phi) is 4.73.